The number of nitrogens with zero attached hydrogens (tertiary/aromatic N) is 2. The van der Waals surface area contributed by atoms with E-state index in [0.717, 1.165) is 54.6 Å². The van der Waals surface area contributed by atoms with Crippen LogP contribution >= 0.6 is 11.3 Å². The van der Waals surface area contributed by atoms with Crippen molar-refractivity contribution in [2.45, 2.75) is 6.54 Å². The van der Waals surface area contributed by atoms with Crippen LogP contribution in [0.5, 0.6) is 11.5 Å². The average molecular weight is 425 g/mol. The van der Waals surface area contributed by atoms with Crippen LogP contribution in [0.1, 0.15) is 10.6 Å². The van der Waals surface area contributed by atoms with Crippen molar-refractivity contribution in [1.29, 1.82) is 0 Å². The third kappa shape index (κ3) is 4.63. The molecule has 1 N–H and O–H groups in total. The van der Waals surface area contributed by atoms with Crippen molar-refractivity contribution in [3.05, 3.63) is 59.1 Å². The zero-order chi connectivity index (χ0) is 20.9. The number of benzene rings is 2. The fourth-order valence-electron chi connectivity index (χ4n) is 3.65. The summed E-state index contributed by atoms with van der Waals surface area (Å²) in [7, 11) is 3.23. The van der Waals surface area contributed by atoms with Crippen LogP contribution in [0.2, 0.25) is 0 Å². The van der Waals surface area contributed by atoms with E-state index in [1.807, 2.05) is 29.2 Å². The molecule has 1 fully saturated rings. The lowest BCUT2D eigenvalue weighted by Gasteiger charge is -2.31. The summed E-state index contributed by atoms with van der Waals surface area (Å²) in [4.78, 5) is 20.8. The van der Waals surface area contributed by atoms with Crippen molar-refractivity contribution in [3.8, 4) is 11.5 Å². The number of carbonyl (C=O) groups excluding carboxylic acids is 1. The second kappa shape index (κ2) is 9.28. The number of methoxy groups -OCH3 is 2. The highest BCUT2D eigenvalue weighted by atomic mass is 32.1. The number of carbonyl (C=O) groups is 1. The molecule has 0 aliphatic carbocycles. The lowest BCUT2D eigenvalue weighted by molar-refractivity contribution is -0.917. The summed E-state index contributed by atoms with van der Waals surface area (Å²) in [6, 6.07) is 13.8. The average Bonchev–Trinajstić information content (AvgIpc) is 3.20. The van der Waals surface area contributed by atoms with Crippen LogP contribution in [0.15, 0.2) is 48.5 Å². The third-order valence-corrected chi connectivity index (χ3v) is 6.40. The van der Waals surface area contributed by atoms with Crippen molar-refractivity contribution in [2.75, 3.05) is 40.4 Å². The second-order valence-corrected chi connectivity index (χ2v) is 8.38. The van der Waals surface area contributed by atoms with Crippen molar-refractivity contribution in [2.24, 2.45) is 0 Å². The molecule has 0 saturated carbocycles. The van der Waals surface area contributed by atoms with Gasteiger partial charge in [-0.05, 0) is 30.3 Å². The predicted octanol–water partition coefficient (Wildman–Crippen LogP) is 2.25. The topological polar surface area (TPSA) is 56.1 Å². The Morgan fingerprint density at radius 3 is 2.70 bits per heavy atom. The van der Waals surface area contributed by atoms with E-state index in [0.29, 0.717) is 5.75 Å². The summed E-state index contributed by atoms with van der Waals surface area (Å²) in [6.07, 6.45) is 3.43. The van der Waals surface area contributed by atoms with E-state index < -0.39 is 0 Å². The van der Waals surface area contributed by atoms with E-state index in [2.05, 4.69) is 18.2 Å². The molecule has 30 heavy (non-hydrogen) atoms. The number of rotatable bonds is 6. The van der Waals surface area contributed by atoms with Crippen LogP contribution in [-0.4, -0.2) is 56.2 Å². The first kappa shape index (κ1) is 20.4. The smallest absolute Gasteiger partial charge is 0.246 e. The van der Waals surface area contributed by atoms with Gasteiger partial charge in [0.05, 0.1) is 50.6 Å². The highest BCUT2D eigenvalue weighted by Gasteiger charge is 2.23. The van der Waals surface area contributed by atoms with Gasteiger partial charge < -0.3 is 19.3 Å². The molecule has 1 aliphatic rings. The molecule has 2 aromatic carbocycles. The Morgan fingerprint density at radius 2 is 1.97 bits per heavy atom. The van der Waals surface area contributed by atoms with Gasteiger partial charge in [0, 0.05) is 17.7 Å². The van der Waals surface area contributed by atoms with Gasteiger partial charge in [0.15, 0.2) is 0 Å². The first-order chi connectivity index (χ1) is 14.7. The van der Waals surface area contributed by atoms with Gasteiger partial charge in [-0.25, -0.2) is 4.98 Å². The quantitative estimate of drug-likeness (QED) is 0.617. The largest absolute Gasteiger partial charge is 0.497 e. The van der Waals surface area contributed by atoms with E-state index >= 15 is 0 Å². The first-order valence-corrected chi connectivity index (χ1v) is 10.8. The maximum absolute atomic E-state index is 12.6. The summed E-state index contributed by atoms with van der Waals surface area (Å²) >= 11 is 1.77. The minimum absolute atomic E-state index is 0.0342. The standard InChI is InChI=1S/C23H25N3O3S/c1-28-18-9-7-17(20(15-18)29-2)8-10-23(27)26-13-11-25(12-14-26)16-22-24-19-5-3-4-6-21(19)30-22/h3-10,15H,11-14,16H2,1-2H3/p+1/b10-8+. The number of aromatic nitrogens is 1. The summed E-state index contributed by atoms with van der Waals surface area (Å²) in [5, 5.41) is 1.16. The van der Waals surface area contributed by atoms with Gasteiger partial charge in [-0.15, -0.1) is 11.3 Å². The molecule has 0 radical (unpaired) electrons. The van der Waals surface area contributed by atoms with Crippen LogP contribution in [-0.2, 0) is 11.3 Å². The number of para-hydroxylation sites is 1. The minimum Gasteiger partial charge on any atom is -0.497 e. The number of ether oxygens (including phenoxy) is 2. The van der Waals surface area contributed by atoms with Gasteiger partial charge in [-0.2, -0.15) is 0 Å². The molecule has 7 heteroatoms. The third-order valence-electron chi connectivity index (χ3n) is 5.37. The van der Waals surface area contributed by atoms with Crippen LogP contribution in [0.3, 0.4) is 0 Å². The van der Waals surface area contributed by atoms with Crippen molar-refractivity contribution in [1.82, 2.24) is 9.88 Å². The fourth-order valence-corrected chi connectivity index (χ4v) is 4.69. The molecular weight excluding hydrogens is 398 g/mol. The van der Waals surface area contributed by atoms with Gasteiger partial charge in [-0.3, -0.25) is 4.79 Å². The number of amides is 1. The number of piperazine rings is 1. The lowest BCUT2D eigenvalue weighted by Crippen LogP contribution is -3.13. The van der Waals surface area contributed by atoms with Crippen LogP contribution in [0, 0.1) is 0 Å². The molecule has 1 aliphatic heterocycles. The number of thiazole rings is 1. The molecule has 1 amide bonds. The first-order valence-electron chi connectivity index (χ1n) is 10.0. The molecule has 4 rings (SSSR count). The summed E-state index contributed by atoms with van der Waals surface area (Å²) in [5.74, 6) is 1.44. The maximum atomic E-state index is 12.6. The van der Waals surface area contributed by atoms with Crippen molar-refractivity contribution >= 4 is 33.5 Å². The Balaban J connectivity index is 1.32. The van der Waals surface area contributed by atoms with E-state index in [9.17, 15) is 4.79 Å². The van der Waals surface area contributed by atoms with Gasteiger partial charge in [0.2, 0.25) is 5.91 Å². The Kier molecular flexibility index (Phi) is 6.30. The number of hydrogen-bond donors (Lipinski definition) is 1. The van der Waals surface area contributed by atoms with E-state index in [-0.39, 0.29) is 5.91 Å². The maximum Gasteiger partial charge on any atom is 0.246 e. The van der Waals surface area contributed by atoms with Crippen LogP contribution < -0.4 is 14.4 Å². The lowest BCUT2D eigenvalue weighted by atomic mass is 10.1. The van der Waals surface area contributed by atoms with Crippen molar-refractivity contribution < 1.29 is 19.2 Å². The minimum atomic E-state index is 0.0342. The van der Waals surface area contributed by atoms with Gasteiger partial charge in [0.1, 0.15) is 23.1 Å². The monoisotopic (exact) mass is 424 g/mol. The second-order valence-electron chi connectivity index (χ2n) is 7.27. The zero-order valence-electron chi connectivity index (χ0n) is 17.3. The summed E-state index contributed by atoms with van der Waals surface area (Å²) in [5.41, 5.74) is 1.93. The summed E-state index contributed by atoms with van der Waals surface area (Å²) < 4.78 is 11.8. The molecule has 0 spiro atoms. The normalized spacial score (nSPS) is 15.1. The molecule has 0 unspecified atom stereocenters. The highest BCUT2D eigenvalue weighted by molar-refractivity contribution is 7.18. The van der Waals surface area contributed by atoms with Crippen LogP contribution in [0.4, 0.5) is 0 Å². The van der Waals surface area contributed by atoms with Gasteiger partial charge >= 0.3 is 0 Å². The Hall–Kier alpha value is -2.90. The number of nitrogens with one attached hydrogen (secondary N) is 1. The van der Waals surface area contributed by atoms with Gasteiger partial charge in [0.25, 0.3) is 0 Å². The van der Waals surface area contributed by atoms with Crippen LogP contribution in [0.25, 0.3) is 16.3 Å². The highest BCUT2D eigenvalue weighted by Crippen LogP contribution is 2.25. The molecule has 3 aromatic rings. The molecule has 6 nitrogen and oxygen atoms in total. The molecule has 1 saturated heterocycles. The molecular formula is C23H26N3O3S+. The fraction of sp³-hybridized carbons (Fsp3) is 0.304. The molecule has 0 atom stereocenters. The Labute approximate surface area is 180 Å². The van der Waals surface area contributed by atoms with E-state index in [1.54, 1.807) is 37.7 Å². The van der Waals surface area contributed by atoms with Crippen molar-refractivity contribution in [3.63, 3.8) is 0 Å². The summed E-state index contributed by atoms with van der Waals surface area (Å²) in [6.45, 7) is 4.29. The number of quaternary nitrogens is 1. The predicted molar refractivity (Wildman–Crippen MR) is 119 cm³/mol. The zero-order valence-corrected chi connectivity index (χ0v) is 18.1. The molecule has 1 aromatic heterocycles. The number of fused-ring (bicyclic) bond motifs is 1. The van der Waals surface area contributed by atoms with E-state index in [1.165, 1.54) is 9.60 Å². The SMILES string of the molecule is COc1ccc(/C=C/C(=O)N2CC[NH+](Cc3nc4ccccc4s3)CC2)c(OC)c1. The molecule has 0 bridgehead atoms. The van der Waals surface area contributed by atoms with Gasteiger partial charge in [-0.1, -0.05) is 12.1 Å². The Morgan fingerprint density at radius 1 is 1.17 bits per heavy atom. The van der Waals surface area contributed by atoms with E-state index in [4.69, 9.17) is 14.5 Å². The number of hydrogen-bond acceptors (Lipinski definition) is 5. The Bertz CT molecular complexity index is 1020. The molecule has 2 heterocycles. The molecule has 156 valence electrons.